The van der Waals surface area contributed by atoms with Gasteiger partial charge in [0.1, 0.15) is 12.3 Å². The Bertz CT molecular complexity index is 294. The topological polar surface area (TPSA) is 64.7 Å². The lowest BCUT2D eigenvalue weighted by Crippen LogP contribution is -2.43. The molecule has 15 heavy (non-hydrogen) atoms. The lowest BCUT2D eigenvalue weighted by molar-refractivity contribution is 0.183. The van der Waals surface area contributed by atoms with Crippen molar-refractivity contribution in [2.24, 2.45) is 0 Å². The van der Waals surface area contributed by atoms with Crippen molar-refractivity contribution in [1.82, 2.24) is 20.4 Å². The SMILES string of the molecule is CCCCN1C(=O)N(C)[C@H]2NC(=O)N[C@H]21. The number of hydrogen-bond donors (Lipinski definition) is 2. The van der Waals surface area contributed by atoms with E-state index in [-0.39, 0.29) is 24.4 Å². The summed E-state index contributed by atoms with van der Waals surface area (Å²) in [5, 5.41) is 5.46. The van der Waals surface area contributed by atoms with E-state index in [2.05, 4.69) is 17.6 Å². The molecule has 2 aliphatic rings. The number of amides is 4. The Morgan fingerprint density at radius 1 is 1.27 bits per heavy atom. The zero-order valence-electron chi connectivity index (χ0n) is 8.99. The van der Waals surface area contributed by atoms with Crippen LogP contribution in [0.2, 0.25) is 0 Å². The molecule has 0 aliphatic carbocycles. The Morgan fingerprint density at radius 2 is 1.93 bits per heavy atom. The van der Waals surface area contributed by atoms with Crippen molar-refractivity contribution in [1.29, 1.82) is 0 Å². The van der Waals surface area contributed by atoms with Crippen LogP contribution in [-0.4, -0.2) is 47.8 Å². The van der Waals surface area contributed by atoms with Gasteiger partial charge in [-0.25, -0.2) is 9.59 Å². The number of rotatable bonds is 3. The first-order valence-corrected chi connectivity index (χ1v) is 5.25. The van der Waals surface area contributed by atoms with Crippen molar-refractivity contribution in [2.75, 3.05) is 13.6 Å². The largest absolute Gasteiger partial charge is 0.323 e. The lowest BCUT2D eigenvalue weighted by atomic mass is 10.3. The molecule has 0 aromatic heterocycles. The van der Waals surface area contributed by atoms with Gasteiger partial charge >= 0.3 is 12.1 Å². The minimum Gasteiger partial charge on any atom is -0.314 e. The van der Waals surface area contributed by atoms with E-state index in [9.17, 15) is 9.59 Å². The number of nitrogens with zero attached hydrogens (tertiary/aromatic N) is 2. The number of urea groups is 2. The Kier molecular flexibility index (Phi) is 2.42. The highest BCUT2D eigenvalue weighted by molar-refractivity contribution is 5.84. The molecule has 0 bridgehead atoms. The number of hydrogen-bond acceptors (Lipinski definition) is 2. The molecule has 0 spiro atoms. The summed E-state index contributed by atoms with van der Waals surface area (Å²) in [6.07, 6.45) is 1.56. The molecule has 84 valence electrons. The van der Waals surface area contributed by atoms with Crippen molar-refractivity contribution in [2.45, 2.75) is 32.1 Å². The fourth-order valence-corrected chi connectivity index (χ4v) is 2.03. The van der Waals surface area contributed by atoms with Crippen LogP contribution < -0.4 is 10.6 Å². The van der Waals surface area contributed by atoms with Crippen LogP contribution in [0, 0.1) is 0 Å². The maximum Gasteiger partial charge on any atom is 0.323 e. The van der Waals surface area contributed by atoms with Crippen LogP contribution in [0.25, 0.3) is 0 Å². The molecule has 6 nitrogen and oxygen atoms in total. The highest BCUT2D eigenvalue weighted by Gasteiger charge is 2.48. The standard InChI is InChI=1S/C9H16N4O2/c1-3-4-5-13-7-6(10-8(14)11-7)12(2)9(13)15/h6-7H,3-5H2,1-2H3,(H2,10,11,14)/t6-,7+/m1/s1. The molecule has 0 aromatic rings. The van der Waals surface area contributed by atoms with Gasteiger partial charge in [0.15, 0.2) is 0 Å². The lowest BCUT2D eigenvalue weighted by Gasteiger charge is -2.20. The molecule has 2 aliphatic heterocycles. The van der Waals surface area contributed by atoms with Gasteiger partial charge in [-0.15, -0.1) is 0 Å². The Morgan fingerprint density at radius 3 is 2.60 bits per heavy atom. The van der Waals surface area contributed by atoms with Crippen LogP contribution in [0.1, 0.15) is 19.8 Å². The maximum atomic E-state index is 11.8. The minimum absolute atomic E-state index is 0.0223. The second-order valence-corrected chi connectivity index (χ2v) is 3.95. The molecule has 2 heterocycles. The van der Waals surface area contributed by atoms with E-state index in [4.69, 9.17) is 0 Å². The van der Waals surface area contributed by atoms with Gasteiger partial charge in [-0.2, -0.15) is 0 Å². The van der Waals surface area contributed by atoms with Crippen molar-refractivity contribution < 1.29 is 9.59 Å². The summed E-state index contributed by atoms with van der Waals surface area (Å²) in [7, 11) is 1.71. The highest BCUT2D eigenvalue weighted by Crippen LogP contribution is 2.21. The molecule has 2 N–H and O–H groups in total. The van der Waals surface area contributed by atoms with Gasteiger partial charge in [0.25, 0.3) is 0 Å². The summed E-state index contributed by atoms with van der Waals surface area (Å²) in [6.45, 7) is 2.77. The van der Waals surface area contributed by atoms with Crippen LogP contribution in [-0.2, 0) is 0 Å². The number of unbranched alkanes of at least 4 members (excludes halogenated alkanes) is 1. The van der Waals surface area contributed by atoms with Crippen LogP contribution >= 0.6 is 0 Å². The summed E-state index contributed by atoms with van der Waals surface area (Å²) in [5.41, 5.74) is 0. The van der Waals surface area contributed by atoms with E-state index in [0.29, 0.717) is 6.54 Å². The van der Waals surface area contributed by atoms with Crippen molar-refractivity contribution >= 4 is 12.1 Å². The summed E-state index contributed by atoms with van der Waals surface area (Å²) < 4.78 is 0. The average Bonchev–Trinajstić information content (AvgIpc) is 2.67. The molecule has 0 radical (unpaired) electrons. The van der Waals surface area contributed by atoms with Crippen molar-refractivity contribution in [3.05, 3.63) is 0 Å². The highest BCUT2D eigenvalue weighted by atomic mass is 16.2. The Labute approximate surface area is 88.6 Å². The summed E-state index contributed by atoms with van der Waals surface area (Å²) in [4.78, 5) is 26.2. The van der Waals surface area contributed by atoms with E-state index in [0.717, 1.165) is 12.8 Å². The number of fused-ring (bicyclic) bond motifs is 1. The van der Waals surface area contributed by atoms with Gasteiger partial charge in [0, 0.05) is 13.6 Å². The molecular weight excluding hydrogens is 196 g/mol. The minimum atomic E-state index is -0.221. The second-order valence-electron chi connectivity index (χ2n) is 3.95. The van der Waals surface area contributed by atoms with E-state index in [1.54, 1.807) is 16.8 Å². The molecule has 4 amide bonds. The number of carbonyl (C=O) groups excluding carboxylic acids is 2. The van der Waals surface area contributed by atoms with Crippen LogP contribution in [0.4, 0.5) is 9.59 Å². The maximum absolute atomic E-state index is 11.8. The third-order valence-electron chi connectivity index (χ3n) is 2.91. The predicted molar refractivity (Wildman–Crippen MR) is 54.0 cm³/mol. The van der Waals surface area contributed by atoms with Crippen LogP contribution in [0.15, 0.2) is 0 Å². The zero-order valence-corrected chi connectivity index (χ0v) is 8.99. The molecule has 2 atom stereocenters. The van der Waals surface area contributed by atoms with E-state index >= 15 is 0 Å². The van der Waals surface area contributed by atoms with Gasteiger partial charge in [-0.05, 0) is 6.42 Å². The molecule has 2 fully saturated rings. The van der Waals surface area contributed by atoms with Gasteiger partial charge < -0.3 is 20.4 Å². The number of carbonyl (C=O) groups is 2. The van der Waals surface area contributed by atoms with Gasteiger partial charge in [-0.3, -0.25) is 0 Å². The molecule has 2 saturated heterocycles. The van der Waals surface area contributed by atoms with Gasteiger partial charge in [-0.1, -0.05) is 13.3 Å². The third-order valence-corrected chi connectivity index (χ3v) is 2.91. The molecule has 0 aromatic carbocycles. The summed E-state index contributed by atoms with van der Waals surface area (Å²) in [5.74, 6) is 0. The first kappa shape index (κ1) is 10.1. The quantitative estimate of drug-likeness (QED) is 0.698. The fourth-order valence-electron chi connectivity index (χ4n) is 2.03. The number of nitrogens with one attached hydrogen (secondary N) is 2. The van der Waals surface area contributed by atoms with Gasteiger partial charge in [0.2, 0.25) is 0 Å². The molecule has 0 saturated carbocycles. The first-order valence-electron chi connectivity index (χ1n) is 5.25. The van der Waals surface area contributed by atoms with E-state index < -0.39 is 0 Å². The van der Waals surface area contributed by atoms with Crippen molar-refractivity contribution in [3.8, 4) is 0 Å². The van der Waals surface area contributed by atoms with Crippen LogP contribution in [0.3, 0.4) is 0 Å². The summed E-state index contributed by atoms with van der Waals surface area (Å²) >= 11 is 0. The Balaban J connectivity index is 2.09. The monoisotopic (exact) mass is 212 g/mol. The van der Waals surface area contributed by atoms with E-state index in [1.807, 2.05) is 0 Å². The number of likely N-dealkylation sites (N-methyl/N-ethyl adjacent to an activating group) is 1. The predicted octanol–water partition coefficient (Wildman–Crippen LogP) is 0.119. The molecular formula is C9H16N4O2. The van der Waals surface area contributed by atoms with Crippen molar-refractivity contribution in [3.63, 3.8) is 0 Å². The zero-order chi connectivity index (χ0) is 11.0. The molecule has 2 rings (SSSR count). The second kappa shape index (κ2) is 3.60. The van der Waals surface area contributed by atoms with Crippen LogP contribution in [0.5, 0.6) is 0 Å². The summed E-state index contributed by atoms with van der Waals surface area (Å²) in [6, 6.07) is -0.225. The normalized spacial score (nSPS) is 29.2. The van der Waals surface area contributed by atoms with E-state index in [1.165, 1.54) is 0 Å². The van der Waals surface area contributed by atoms with Gasteiger partial charge in [0.05, 0.1) is 0 Å². The Hall–Kier alpha value is -1.46. The third kappa shape index (κ3) is 1.49. The molecule has 6 heteroatoms. The first-order chi connectivity index (χ1) is 7.15. The molecule has 0 unspecified atom stereocenters. The average molecular weight is 212 g/mol. The fraction of sp³-hybridized carbons (Fsp3) is 0.778. The smallest absolute Gasteiger partial charge is 0.314 e.